The molecule has 0 heterocycles. The van der Waals surface area contributed by atoms with E-state index in [-0.39, 0.29) is 10.8 Å². The molecule has 1 aromatic rings. The Morgan fingerprint density at radius 3 is 2.00 bits per heavy atom. The van der Waals surface area contributed by atoms with Gasteiger partial charge in [0.05, 0.1) is 6.61 Å². The lowest BCUT2D eigenvalue weighted by atomic mass is 9.76. The van der Waals surface area contributed by atoms with Crippen molar-refractivity contribution in [2.75, 3.05) is 6.61 Å². The van der Waals surface area contributed by atoms with E-state index in [1.807, 2.05) is 0 Å². The molecule has 0 fully saturated rings. The smallest absolute Gasteiger partial charge is 0.327 e. The second kappa shape index (κ2) is 6.75. The second-order valence-corrected chi connectivity index (χ2v) is 8.42. The molecule has 0 aliphatic rings. The van der Waals surface area contributed by atoms with E-state index in [9.17, 15) is 0 Å². The molecule has 0 aromatic heterocycles. The fourth-order valence-corrected chi connectivity index (χ4v) is 2.74. The summed E-state index contributed by atoms with van der Waals surface area (Å²) in [5.41, 5.74) is 5.32. The van der Waals surface area contributed by atoms with Crippen molar-refractivity contribution >= 4 is 8.60 Å². The summed E-state index contributed by atoms with van der Waals surface area (Å²) in [6, 6.07) is 4.54. The normalized spacial score (nSPS) is 13.0. The first kappa shape index (κ1) is 18.6. The van der Waals surface area contributed by atoms with Gasteiger partial charge in [0, 0.05) is 0 Å². The number of hydrogen-bond donors (Lipinski definition) is 2. The molecule has 1 aromatic carbocycles. The van der Waals surface area contributed by atoms with Crippen LogP contribution in [0.1, 0.15) is 63.8 Å². The monoisotopic (exact) mass is 312 g/mol. The average molecular weight is 312 g/mol. The van der Waals surface area contributed by atoms with Crippen molar-refractivity contribution < 1.29 is 14.3 Å². The molecule has 0 amide bonds. The summed E-state index contributed by atoms with van der Waals surface area (Å²) in [5, 5.41) is 0. The van der Waals surface area contributed by atoms with Gasteiger partial charge in [-0.05, 0) is 46.4 Å². The molecule has 1 rings (SSSR count). The molecule has 0 aliphatic heterocycles. The molecule has 0 radical (unpaired) electrons. The third-order valence-electron chi connectivity index (χ3n) is 3.71. The maximum absolute atomic E-state index is 8.88. The van der Waals surface area contributed by atoms with Crippen LogP contribution < -0.4 is 0 Å². The van der Waals surface area contributed by atoms with E-state index in [2.05, 4.69) is 60.6 Å². The van der Waals surface area contributed by atoms with Gasteiger partial charge in [-0.15, -0.1) is 0 Å². The highest BCUT2D eigenvalue weighted by Crippen LogP contribution is 2.34. The van der Waals surface area contributed by atoms with Crippen LogP contribution in [0.3, 0.4) is 0 Å². The van der Waals surface area contributed by atoms with Gasteiger partial charge in [0.1, 0.15) is 0 Å². The first-order valence-electron chi connectivity index (χ1n) is 7.38. The van der Waals surface area contributed by atoms with Crippen LogP contribution in [0, 0.1) is 6.92 Å². The first-order chi connectivity index (χ1) is 9.43. The molecule has 0 spiro atoms. The van der Waals surface area contributed by atoms with Crippen LogP contribution in [0.5, 0.6) is 0 Å². The van der Waals surface area contributed by atoms with Gasteiger partial charge in [-0.25, -0.2) is 0 Å². The third kappa shape index (κ3) is 5.34. The summed E-state index contributed by atoms with van der Waals surface area (Å²) in [7, 11) is -2.27. The van der Waals surface area contributed by atoms with Crippen molar-refractivity contribution in [1.82, 2.24) is 0 Å². The van der Waals surface area contributed by atoms with E-state index in [4.69, 9.17) is 14.3 Å². The molecule has 0 saturated heterocycles. The summed E-state index contributed by atoms with van der Waals surface area (Å²) in [6.07, 6.45) is 0.697. The second-order valence-electron chi connectivity index (χ2n) is 7.66. The molecular formula is C17H29O3P. The molecule has 0 bridgehead atoms. The van der Waals surface area contributed by atoms with Crippen LogP contribution in [-0.2, 0) is 21.8 Å². The zero-order chi connectivity index (χ0) is 16.4. The summed E-state index contributed by atoms with van der Waals surface area (Å²) < 4.78 is 4.94. The Bertz CT molecular complexity index is 482. The SMILES string of the molecule is Cc1cc(C(C)(C)C)cc(C(C)(C)C)c1CCOP(O)O. The van der Waals surface area contributed by atoms with E-state index in [0.29, 0.717) is 13.0 Å². The maximum atomic E-state index is 8.88. The molecule has 21 heavy (non-hydrogen) atoms. The minimum absolute atomic E-state index is 0.0461. The Morgan fingerprint density at radius 1 is 1.00 bits per heavy atom. The van der Waals surface area contributed by atoms with E-state index in [0.717, 1.165) is 0 Å². The third-order valence-corrected chi connectivity index (χ3v) is 4.12. The van der Waals surface area contributed by atoms with Gasteiger partial charge in [-0.1, -0.05) is 53.7 Å². The molecule has 0 saturated carbocycles. The summed E-state index contributed by atoms with van der Waals surface area (Å²) in [6.45, 7) is 15.8. The standard InChI is InChI=1S/C17H29O3P/c1-12-10-13(16(2,3)4)11-15(17(5,6)7)14(12)8-9-20-21(18)19/h10-11,18-19H,8-9H2,1-7H3. The van der Waals surface area contributed by atoms with Crippen LogP contribution in [0.25, 0.3) is 0 Å². The Hall–Kier alpha value is -0.470. The van der Waals surface area contributed by atoms with Gasteiger partial charge < -0.3 is 14.3 Å². The molecule has 0 unspecified atom stereocenters. The van der Waals surface area contributed by atoms with Gasteiger partial charge in [0.15, 0.2) is 0 Å². The molecule has 120 valence electrons. The Kier molecular flexibility index (Phi) is 5.97. The Labute approximate surface area is 130 Å². The van der Waals surface area contributed by atoms with Crippen molar-refractivity contribution in [3.05, 3.63) is 34.4 Å². The maximum Gasteiger partial charge on any atom is 0.327 e. The van der Waals surface area contributed by atoms with E-state index >= 15 is 0 Å². The van der Waals surface area contributed by atoms with Crippen LogP contribution in [0.4, 0.5) is 0 Å². The number of aryl methyl sites for hydroxylation is 1. The van der Waals surface area contributed by atoms with Gasteiger partial charge in [0.2, 0.25) is 0 Å². The topological polar surface area (TPSA) is 49.7 Å². The molecule has 4 heteroatoms. The van der Waals surface area contributed by atoms with Gasteiger partial charge >= 0.3 is 8.60 Å². The van der Waals surface area contributed by atoms with Crippen molar-refractivity contribution in [1.29, 1.82) is 0 Å². The van der Waals surface area contributed by atoms with Crippen LogP contribution >= 0.6 is 8.60 Å². The quantitative estimate of drug-likeness (QED) is 0.812. The van der Waals surface area contributed by atoms with Crippen LogP contribution in [-0.4, -0.2) is 16.4 Å². The number of rotatable bonds is 4. The molecular weight excluding hydrogens is 283 g/mol. The van der Waals surface area contributed by atoms with E-state index in [1.54, 1.807) is 0 Å². The van der Waals surface area contributed by atoms with Gasteiger partial charge in [-0.2, -0.15) is 0 Å². The average Bonchev–Trinajstić information content (AvgIpc) is 2.27. The Balaban J connectivity index is 3.23. The zero-order valence-electron chi connectivity index (χ0n) is 14.3. The lowest BCUT2D eigenvalue weighted by Crippen LogP contribution is -2.20. The lowest BCUT2D eigenvalue weighted by molar-refractivity contribution is 0.257. The lowest BCUT2D eigenvalue weighted by Gasteiger charge is -2.29. The summed E-state index contributed by atoms with van der Waals surface area (Å²) in [5.74, 6) is 0. The highest BCUT2D eigenvalue weighted by molar-refractivity contribution is 7.39. The van der Waals surface area contributed by atoms with Crippen molar-refractivity contribution in [3.63, 3.8) is 0 Å². The van der Waals surface area contributed by atoms with Crippen molar-refractivity contribution in [2.45, 2.75) is 65.7 Å². The van der Waals surface area contributed by atoms with Gasteiger partial charge in [0.25, 0.3) is 0 Å². The fraction of sp³-hybridized carbons (Fsp3) is 0.647. The zero-order valence-corrected chi connectivity index (χ0v) is 15.2. The van der Waals surface area contributed by atoms with E-state index in [1.165, 1.54) is 22.3 Å². The number of benzene rings is 1. The van der Waals surface area contributed by atoms with Crippen LogP contribution in [0.2, 0.25) is 0 Å². The van der Waals surface area contributed by atoms with E-state index < -0.39 is 8.60 Å². The van der Waals surface area contributed by atoms with Crippen LogP contribution in [0.15, 0.2) is 12.1 Å². The first-order valence-corrected chi connectivity index (χ1v) is 8.54. The molecule has 0 atom stereocenters. The number of hydrogen-bond acceptors (Lipinski definition) is 3. The predicted molar refractivity (Wildman–Crippen MR) is 89.6 cm³/mol. The highest BCUT2D eigenvalue weighted by atomic mass is 31.2. The fourth-order valence-electron chi connectivity index (χ4n) is 2.48. The minimum Gasteiger partial charge on any atom is -0.328 e. The highest BCUT2D eigenvalue weighted by Gasteiger charge is 2.23. The van der Waals surface area contributed by atoms with Crippen molar-refractivity contribution in [2.24, 2.45) is 0 Å². The Morgan fingerprint density at radius 2 is 1.57 bits per heavy atom. The summed E-state index contributed by atoms with van der Waals surface area (Å²) >= 11 is 0. The predicted octanol–water partition coefficient (Wildman–Crippen LogP) is 4.36. The largest absolute Gasteiger partial charge is 0.328 e. The van der Waals surface area contributed by atoms with Gasteiger partial charge in [-0.3, -0.25) is 0 Å². The molecule has 3 nitrogen and oxygen atoms in total. The molecule has 2 N–H and O–H groups in total. The van der Waals surface area contributed by atoms with Crippen molar-refractivity contribution in [3.8, 4) is 0 Å². The summed E-state index contributed by atoms with van der Waals surface area (Å²) in [4.78, 5) is 17.8. The molecule has 0 aliphatic carbocycles. The minimum atomic E-state index is -2.27.